The summed E-state index contributed by atoms with van der Waals surface area (Å²) in [5.74, 6) is 0.258. The Labute approximate surface area is 96.1 Å². The minimum Gasteiger partial charge on any atom is -0.356 e. The van der Waals surface area contributed by atoms with E-state index in [4.69, 9.17) is 4.52 Å². The molecule has 3 aromatic rings. The fourth-order valence-corrected chi connectivity index (χ4v) is 1.62. The molecule has 0 atom stereocenters. The van der Waals surface area contributed by atoms with E-state index in [2.05, 4.69) is 15.5 Å². The van der Waals surface area contributed by atoms with Crippen molar-refractivity contribution in [3.8, 4) is 0 Å². The van der Waals surface area contributed by atoms with Crippen LogP contribution in [0.2, 0.25) is 0 Å². The Hall–Kier alpha value is -2.43. The summed E-state index contributed by atoms with van der Waals surface area (Å²) in [6.07, 6.45) is 3.20. The van der Waals surface area contributed by atoms with Gasteiger partial charge < -0.3 is 9.84 Å². The number of rotatable bonds is 2. The molecule has 0 radical (unpaired) electrons. The number of pyridine rings is 1. The molecular formula is C12H8FN3O. The van der Waals surface area contributed by atoms with Crippen LogP contribution in [-0.4, -0.2) is 10.1 Å². The number of hydrogen-bond acceptors (Lipinski definition) is 4. The van der Waals surface area contributed by atoms with Gasteiger partial charge in [-0.2, -0.15) is 0 Å². The Morgan fingerprint density at radius 1 is 1.24 bits per heavy atom. The normalized spacial score (nSPS) is 10.6. The van der Waals surface area contributed by atoms with Crippen LogP contribution < -0.4 is 5.32 Å². The third-order valence-electron chi connectivity index (χ3n) is 2.37. The van der Waals surface area contributed by atoms with Gasteiger partial charge in [0.05, 0.1) is 17.3 Å². The summed E-state index contributed by atoms with van der Waals surface area (Å²) >= 11 is 0. The Kier molecular flexibility index (Phi) is 2.22. The lowest BCUT2D eigenvalue weighted by Gasteiger charge is -2.05. The Morgan fingerprint density at radius 2 is 2.18 bits per heavy atom. The van der Waals surface area contributed by atoms with Gasteiger partial charge in [-0.3, -0.25) is 0 Å². The van der Waals surface area contributed by atoms with Crippen LogP contribution in [-0.2, 0) is 0 Å². The second kappa shape index (κ2) is 3.86. The van der Waals surface area contributed by atoms with Crippen molar-refractivity contribution in [3.63, 3.8) is 0 Å². The van der Waals surface area contributed by atoms with Gasteiger partial charge in [0.25, 0.3) is 0 Å². The highest BCUT2D eigenvalue weighted by atomic mass is 19.1. The zero-order valence-electron chi connectivity index (χ0n) is 8.72. The van der Waals surface area contributed by atoms with Crippen LogP contribution in [0.5, 0.6) is 0 Å². The van der Waals surface area contributed by atoms with E-state index in [0.29, 0.717) is 17.1 Å². The molecule has 1 aromatic carbocycles. The Balaban J connectivity index is 2.08. The van der Waals surface area contributed by atoms with E-state index in [1.165, 1.54) is 12.1 Å². The van der Waals surface area contributed by atoms with Crippen molar-refractivity contribution in [1.29, 1.82) is 0 Å². The Morgan fingerprint density at radius 3 is 3.00 bits per heavy atom. The smallest absolute Gasteiger partial charge is 0.171 e. The Bertz CT molecular complexity index is 651. The second-order valence-corrected chi connectivity index (χ2v) is 3.53. The van der Waals surface area contributed by atoms with Crippen molar-refractivity contribution in [3.05, 3.63) is 48.5 Å². The van der Waals surface area contributed by atoms with Crippen molar-refractivity contribution >= 4 is 22.5 Å². The van der Waals surface area contributed by atoms with Crippen LogP contribution in [0.1, 0.15) is 0 Å². The number of anilines is 2. The van der Waals surface area contributed by atoms with Gasteiger partial charge in [0.1, 0.15) is 11.6 Å². The van der Waals surface area contributed by atoms with E-state index < -0.39 is 0 Å². The maximum atomic E-state index is 13.3. The molecular weight excluding hydrogens is 221 g/mol. The van der Waals surface area contributed by atoms with Crippen LogP contribution in [0.4, 0.5) is 15.9 Å². The molecule has 4 nitrogen and oxygen atoms in total. The first-order valence-corrected chi connectivity index (χ1v) is 5.05. The quantitative estimate of drug-likeness (QED) is 0.733. The van der Waals surface area contributed by atoms with E-state index in [9.17, 15) is 4.39 Å². The van der Waals surface area contributed by atoms with Crippen molar-refractivity contribution in [2.45, 2.75) is 0 Å². The highest BCUT2D eigenvalue weighted by Crippen LogP contribution is 2.26. The molecule has 0 unspecified atom stereocenters. The van der Waals surface area contributed by atoms with E-state index >= 15 is 0 Å². The van der Waals surface area contributed by atoms with Gasteiger partial charge >= 0.3 is 0 Å². The first kappa shape index (κ1) is 9.77. The molecule has 0 saturated carbocycles. The lowest BCUT2D eigenvalue weighted by Crippen LogP contribution is -1.93. The molecule has 0 aliphatic rings. The van der Waals surface area contributed by atoms with Gasteiger partial charge in [-0.15, -0.1) is 0 Å². The molecule has 0 spiro atoms. The predicted octanol–water partition coefficient (Wildman–Crippen LogP) is 3.11. The maximum absolute atomic E-state index is 13.3. The average Bonchev–Trinajstić information content (AvgIpc) is 2.78. The van der Waals surface area contributed by atoms with Gasteiger partial charge in [-0.1, -0.05) is 11.2 Å². The van der Waals surface area contributed by atoms with E-state index in [-0.39, 0.29) is 5.82 Å². The summed E-state index contributed by atoms with van der Waals surface area (Å²) in [5, 5.41) is 7.38. The van der Waals surface area contributed by atoms with Crippen molar-refractivity contribution in [2.24, 2.45) is 0 Å². The summed E-state index contributed by atoms with van der Waals surface area (Å²) in [6, 6.07) is 8.13. The maximum Gasteiger partial charge on any atom is 0.171 e. The lowest BCUT2D eigenvalue weighted by molar-refractivity contribution is 0.454. The number of fused-ring (bicyclic) bond motifs is 1. The minimum atomic E-state index is -0.382. The van der Waals surface area contributed by atoms with Gasteiger partial charge in [0.15, 0.2) is 5.58 Å². The molecule has 17 heavy (non-hydrogen) atoms. The first-order chi connectivity index (χ1) is 8.33. The highest BCUT2D eigenvalue weighted by Gasteiger charge is 2.08. The van der Waals surface area contributed by atoms with Crippen LogP contribution in [0.15, 0.2) is 47.2 Å². The van der Waals surface area contributed by atoms with Gasteiger partial charge in [-0.05, 0) is 18.2 Å². The molecule has 0 fully saturated rings. The molecule has 0 aliphatic heterocycles. The third kappa shape index (κ3) is 1.82. The second-order valence-electron chi connectivity index (χ2n) is 3.53. The summed E-state index contributed by atoms with van der Waals surface area (Å²) < 4.78 is 18.3. The van der Waals surface area contributed by atoms with Crippen molar-refractivity contribution in [1.82, 2.24) is 10.1 Å². The number of benzene rings is 1. The third-order valence-corrected chi connectivity index (χ3v) is 2.37. The van der Waals surface area contributed by atoms with Crippen LogP contribution in [0.25, 0.3) is 11.0 Å². The number of nitrogens with zero attached hydrogens (tertiary/aromatic N) is 2. The molecule has 0 bridgehead atoms. The minimum absolute atomic E-state index is 0.382. The fourth-order valence-electron chi connectivity index (χ4n) is 1.62. The monoisotopic (exact) mass is 229 g/mol. The molecule has 1 N–H and O–H groups in total. The number of halogens is 1. The lowest BCUT2D eigenvalue weighted by atomic mass is 10.2. The molecule has 0 amide bonds. The molecule has 3 rings (SSSR count). The summed E-state index contributed by atoms with van der Waals surface area (Å²) in [6.45, 7) is 0. The van der Waals surface area contributed by atoms with Gasteiger partial charge in [-0.25, -0.2) is 9.37 Å². The largest absolute Gasteiger partial charge is 0.356 e. The summed E-state index contributed by atoms with van der Waals surface area (Å²) in [7, 11) is 0. The van der Waals surface area contributed by atoms with E-state index in [0.717, 1.165) is 5.39 Å². The van der Waals surface area contributed by atoms with Crippen LogP contribution in [0.3, 0.4) is 0 Å². The standard InChI is InChI=1S/C12H8FN3O/c13-8-5-10(9-7-15-17-11(9)6-8)16-12-3-1-2-4-14-12/h1-7H,(H,14,16). The van der Waals surface area contributed by atoms with E-state index in [1.54, 1.807) is 18.5 Å². The van der Waals surface area contributed by atoms with E-state index in [1.807, 2.05) is 12.1 Å². The van der Waals surface area contributed by atoms with Crippen LogP contribution in [0, 0.1) is 5.82 Å². The van der Waals surface area contributed by atoms with Crippen molar-refractivity contribution in [2.75, 3.05) is 5.32 Å². The fraction of sp³-hybridized carbons (Fsp3) is 0. The first-order valence-electron chi connectivity index (χ1n) is 5.05. The SMILES string of the molecule is Fc1cc(Nc2ccccn2)c2cnoc2c1. The molecule has 2 heterocycles. The number of aromatic nitrogens is 2. The topological polar surface area (TPSA) is 51.0 Å². The zero-order valence-corrected chi connectivity index (χ0v) is 8.72. The zero-order chi connectivity index (χ0) is 11.7. The molecule has 5 heteroatoms. The van der Waals surface area contributed by atoms with Crippen molar-refractivity contribution < 1.29 is 8.91 Å². The number of hydrogen-bond donors (Lipinski definition) is 1. The van der Waals surface area contributed by atoms with Gasteiger partial charge in [0.2, 0.25) is 0 Å². The molecule has 0 saturated heterocycles. The summed E-state index contributed by atoms with van der Waals surface area (Å²) in [5.41, 5.74) is 0.989. The number of nitrogens with one attached hydrogen (secondary N) is 1. The van der Waals surface area contributed by atoms with Gasteiger partial charge in [0, 0.05) is 12.3 Å². The van der Waals surface area contributed by atoms with Crippen LogP contribution >= 0.6 is 0 Å². The molecule has 84 valence electrons. The molecule has 0 aliphatic carbocycles. The molecule has 2 aromatic heterocycles. The average molecular weight is 229 g/mol. The predicted molar refractivity (Wildman–Crippen MR) is 61.5 cm³/mol. The summed E-state index contributed by atoms with van der Waals surface area (Å²) in [4.78, 5) is 4.11. The highest BCUT2D eigenvalue weighted by molar-refractivity contribution is 5.91.